The Labute approximate surface area is 158 Å². The Bertz CT molecular complexity index is 806. The second-order valence-electron chi connectivity index (χ2n) is 6.08. The van der Waals surface area contributed by atoms with E-state index >= 15 is 0 Å². The summed E-state index contributed by atoms with van der Waals surface area (Å²) < 4.78 is 3.40. The number of nitrogens with zero attached hydrogens (tertiary/aromatic N) is 3. The van der Waals surface area contributed by atoms with E-state index in [4.69, 9.17) is 4.98 Å². The van der Waals surface area contributed by atoms with Crippen LogP contribution in [0.15, 0.2) is 53.0 Å². The number of hydrogen-bond acceptors (Lipinski definition) is 3. The number of aromatic nitrogens is 2. The van der Waals surface area contributed by atoms with Gasteiger partial charge in [-0.15, -0.1) is 0 Å². The number of halogens is 1. The minimum Gasteiger partial charge on any atom is -0.352 e. The highest BCUT2D eigenvalue weighted by molar-refractivity contribution is 9.10. The summed E-state index contributed by atoms with van der Waals surface area (Å²) in [6.07, 6.45) is 0. The van der Waals surface area contributed by atoms with Crippen LogP contribution in [0.2, 0.25) is 0 Å². The molecular formula is C20H25BrN4. The molecule has 0 fully saturated rings. The van der Waals surface area contributed by atoms with Gasteiger partial charge in [-0.2, -0.15) is 0 Å². The Morgan fingerprint density at radius 2 is 1.76 bits per heavy atom. The summed E-state index contributed by atoms with van der Waals surface area (Å²) in [5.41, 5.74) is 3.47. The average molecular weight is 401 g/mol. The molecule has 0 bridgehead atoms. The molecule has 0 unspecified atom stereocenters. The highest BCUT2D eigenvalue weighted by Gasteiger charge is 2.11. The van der Waals surface area contributed by atoms with Crippen LogP contribution in [0, 0.1) is 0 Å². The first kappa shape index (κ1) is 18.0. The van der Waals surface area contributed by atoms with Crippen LogP contribution in [-0.2, 0) is 13.1 Å². The van der Waals surface area contributed by atoms with E-state index in [1.807, 2.05) is 6.07 Å². The normalized spacial score (nSPS) is 11.4. The molecule has 2 aromatic carbocycles. The quantitative estimate of drug-likeness (QED) is 0.591. The Hall–Kier alpha value is -1.85. The summed E-state index contributed by atoms with van der Waals surface area (Å²) in [5, 5.41) is 3.52. The SMILES string of the molecule is CCN(CC)CCn1c(NCc2ccc(Br)cc2)nc2ccccc21. The minimum absolute atomic E-state index is 0.766. The molecule has 1 N–H and O–H groups in total. The van der Waals surface area contributed by atoms with Gasteiger partial charge < -0.3 is 14.8 Å². The molecule has 3 rings (SSSR count). The zero-order valence-electron chi connectivity index (χ0n) is 14.9. The topological polar surface area (TPSA) is 33.1 Å². The van der Waals surface area contributed by atoms with Crippen molar-refractivity contribution in [2.45, 2.75) is 26.9 Å². The summed E-state index contributed by atoms with van der Waals surface area (Å²) in [7, 11) is 0. The third kappa shape index (κ3) is 4.41. The van der Waals surface area contributed by atoms with Crippen LogP contribution in [0.5, 0.6) is 0 Å². The van der Waals surface area contributed by atoms with Crippen LogP contribution >= 0.6 is 15.9 Å². The summed E-state index contributed by atoms with van der Waals surface area (Å²) in [5.74, 6) is 0.941. The molecule has 0 aliphatic rings. The predicted octanol–water partition coefficient (Wildman–Crippen LogP) is 4.75. The van der Waals surface area contributed by atoms with Crippen molar-refractivity contribution in [2.24, 2.45) is 0 Å². The Kier molecular flexibility index (Phi) is 6.10. The largest absolute Gasteiger partial charge is 0.352 e. The van der Waals surface area contributed by atoms with Gasteiger partial charge >= 0.3 is 0 Å². The first-order chi connectivity index (χ1) is 12.2. The Morgan fingerprint density at radius 3 is 2.48 bits per heavy atom. The van der Waals surface area contributed by atoms with Gasteiger partial charge in [0.25, 0.3) is 0 Å². The molecule has 0 aliphatic heterocycles. The average Bonchev–Trinajstić information content (AvgIpc) is 3.00. The van der Waals surface area contributed by atoms with E-state index in [0.717, 1.165) is 48.7 Å². The monoisotopic (exact) mass is 400 g/mol. The lowest BCUT2D eigenvalue weighted by Gasteiger charge is -2.19. The number of para-hydroxylation sites is 2. The fourth-order valence-corrected chi connectivity index (χ4v) is 3.27. The molecule has 0 spiro atoms. The third-order valence-corrected chi connectivity index (χ3v) is 5.08. The molecule has 0 aliphatic carbocycles. The van der Waals surface area contributed by atoms with Crippen LogP contribution in [-0.4, -0.2) is 34.1 Å². The zero-order chi connectivity index (χ0) is 17.6. The summed E-state index contributed by atoms with van der Waals surface area (Å²) >= 11 is 3.48. The molecule has 132 valence electrons. The highest BCUT2D eigenvalue weighted by Crippen LogP contribution is 2.20. The Balaban J connectivity index is 1.80. The van der Waals surface area contributed by atoms with Gasteiger partial charge in [0.05, 0.1) is 11.0 Å². The number of likely N-dealkylation sites (N-methyl/N-ethyl adjacent to an activating group) is 1. The second kappa shape index (κ2) is 8.50. The van der Waals surface area contributed by atoms with Crippen molar-refractivity contribution in [3.63, 3.8) is 0 Å². The molecule has 0 amide bonds. The third-order valence-electron chi connectivity index (χ3n) is 4.55. The van der Waals surface area contributed by atoms with Crippen molar-refractivity contribution in [3.05, 3.63) is 58.6 Å². The molecule has 3 aromatic rings. The van der Waals surface area contributed by atoms with Crippen molar-refractivity contribution < 1.29 is 0 Å². The van der Waals surface area contributed by atoms with Crippen molar-refractivity contribution in [3.8, 4) is 0 Å². The van der Waals surface area contributed by atoms with Crippen LogP contribution in [0.1, 0.15) is 19.4 Å². The van der Waals surface area contributed by atoms with Gasteiger partial charge in [0.1, 0.15) is 0 Å². The van der Waals surface area contributed by atoms with Crippen LogP contribution in [0.3, 0.4) is 0 Å². The van der Waals surface area contributed by atoms with Crippen molar-refractivity contribution in [2.75, 3.05) is 25.0 Å². The van der Waals surface area contributed by atoms with Crippen molar-refractivity contribution in [1.29, 1.82) is 0 Å². The molecule has 25 heavy (non-hydrogen) atoms. The molecule has 5 heteroatoms. The number of imidazole rings is 1. The van der Waals surface area contributed by atoms with Crippen LogP contribution in [0.25, 0.3) is 11.0 Å². The van der Waals surface area contributed by atoms with E-state index in [0.29, 0.717) is 0 Å². The highest BCUT2D eigenvalue weighted by atomic mass is 79.9. The molecule has 1 aromatic heterocycles. The fraction of sp³-hybridized carbons (Fsp3) is 0.350. The van der Waals surface area contributed by atoms with Gasteiger partial charge in [0, 0.05) is 24.1 Å². The van der Waals surface area contributed by atoms with E-state index in [-0.39, 0.29) is 0 Å². The van der Waals surface area contributed by atoms with E-state index in [1.54, 1.807) is 0 Å². The first-order valence-corrected chi connectivity index (χ1v) is 9.66. The van der Waals surface area contributed by atoms with Gasteiger partial charge in [-0.25, -0.2) is 4.98 Å². The maximum atomic E-state index is 4.80. The van der Waals surface area contributed by atoms with Gasteiger partial charge in [-0.3, -0.25) is 0 Å². The van der Waals surface area contributed by atoms with E-state index < -0.39 is 0 Å². The van der Waals surface area contributed by atoms with E-state index in [1.165, 1.54) is 11.1 Å². The van der Waals surface area contributed by atoms with Gasteiger partial charge in [-0.05, 0) is 42.9 Å². The smallest absolute Gasteiger partial charge is 0.204 e. The lowest BCUT2D eigenvalue weighted by Crippen LogP contribution is -2.27. The summed E-state index contributed by atoms with van der Waals surface area (Å²) in [6, 6.07) is 16.7. The molecular weight excluding hydrogens is 376 g/mol. The number of hydrogen-bond donors (Lipinski definition) is 1. The van der Waals surface area contributed by atoms with Crippen LogP contribution < -0.4 is 5.32 Å². The first-order valence-electron chi connectivity index (χ1n) is 8.87. The van der Waals surface area contributed by atoms with Crippen LogP contribution in [0.4, 0.5) is 5.95 Å². The van der Waals surface area contributed by atoms with Crippen molar-refractivity contribution >= 4 is 32.9 Å². The number of rotatable bonds is 8. The maximum Gasteiger partial charge on any atom is 0.204 e. The molecule has 0 saturated heterocycles. The van der Waals surface area contributed by atoms with E-state index in [9.17, 15) is 0 Å². The number of benzene rings is 2. The Morgan fingerprint density at radius 1 is 1.04 bits per heavy atom. The van der Waals surface area contributed by atoms with Crippen molar-refractivity contribution in [1.82, 2.24) is 14.5 Å². The standard InChI is InChI=1S/C20H25BrN4/c1-3-24(4-2)13-14-25-19-8-6-5-7-18(19)23-20(25)22-15-16-9-11-17(21)12-10-16/h5-12H,3-4,13-15H2,1-2H3,(H,22,23). The molecule has 4 nitrogen and oxygen atoms in total. The number of nitrogens with one attached hydrogen (secondary N) is 1. The number of anilines is 1. The summed E-state index contributed by atoms with van der Waals surface area (Å²) in [6.45, 7) is 9.30. The van der Waals surface area contributed by atoms with Gasteiger partial charge in [-0.1, -0.05) is 54.0 Å². The molecule has 0 radical (unpaired) electrons. The number of fused-ring (bicyclic) bond motifs is 1. The molecule has 1 heterocycles. The maximum absolute atomic E-state index is 4.80. The lowest BCUT2D eigenvalue weighted by atomic mass is 10.2. The second-order valence-corrected chi connectivity index (χ2v) is 7.00. The fourth-order valence-electron chi connectivity index (χ4n) is 3.00. The lowest BCUT2D eigenvalue weighted by molar-refractivity contribution is 0.292. The zero-order valence-corrected chi connectivity index (χ0v) is 16.5. The molecule has 0 saturated carbocycles. The van der Waals surface area contributed by atoms with E-state index in [2.05, 4.69) is 87.0 Å². The predicted molar refractivity (Wildman–Crippen MR) is 109 cm³/mol. The van der Waals surface area contributed by atoms with Gasteiger partial charge in [0.2, 0.25) is 5.95 Å². The summed E-state index contributed by atoms with van der Waals surface area (Å²) in [4.78, 5) is 7.24. The molecule has 0 atom stereocenters. The minimum atomic E-state index is 0.766. The van der Waals surface area contributed by atoms with Gasteiger partial charge in [0.15, 0.2) is 0 Å².